The monoisotopic (exact) mass is 366 g/mol. The molecule has 2 amide bonds. The molecule has 1 aromatic heterocycles. The average Bonchev–Trinajstić information content (AvgIpc) is 3.11. The second kappa shape index (κ2) is 6.78. The first-order valence-electron chi connectivity index (χ1n) is 7.12. The number of hydrogen-bond acceptors (Lipinski definition) is 7. The number of aldehydes is 1. The highest BCUT2D eigenvalue weighted by atomic mass is 32.2. The van der Waals surface area contributed by atoms with Gasteiger partial charge in [0.15, 0.2) is 6.29 Å². The van der Waals surface area contributed by atoms with Gasteiger partial charge in [0.05, 0.1) is 10.6 Å². The normalized spacial score (nSPS) is 22.5. The number of amides is 2. The summed E-state index contributed by atoms with van der Waals surface area (Å²) in [4.78, 5) is 48.7. The number of rotatable bonds is 5. The second-order valence-corrected chi connectivity index (χ2v) is 7.28. The van der Waals surface area contributed by atoms with Crippen LogP contribution in [0.25, 0.3) is 0 Å². The highest BCUT2D eigenvalue weighted by molar-refractivity contribution is 8.00. The number of carbonyl (C=O) groups excluding carboxylic acids is 4. The summed E-state index contributed by atoms with van der Waals surface area (Å²) in [6, 6.07) is 2.79. The second-order valence-electron chi connectivity index (χ2n) is 5.23. The van der Waals surface area contributed by atoms with Gasteiger partial charge in [-0.05, 0) is 11.4 Å². The van der Waals surface area contributed by atoms with Crippen molar-refractivity contribution in [3.05, 3.63) is 33.7 Å². The van der Waals surface area contributed by atoms with Gasteiger partial charge in [0, 0.05) is 18.2 Å². The molecule has 9 heteroatoms. The van der Waals surface area contributed by atoms with Crippen LogP contribution in [0.2, 0.25) is 0 Å². The third kappa shape index (κ3) is 2.96. The molecule has 0 saturated carbocycles. The van der Waals surface area contributed by atoms with Gasteiger partial charge < -0.3 is 10.1 Å². The first kappa shape index (κ1) is 16.7. The van der Waals surface area contributed by atoms with Crippen molar-refractivity contribution in [2.45, 2.75) is 18.3 Å². The molecule has 0 spiro atoms. The molecule has 2 atom stereocenters. The number of ether oxygens (including phenoxy) is 1. The van der Waals surface area contributed by atoms with Crippen molar-refractivity contribution in [2.75, 3.05) is 12.4 Å². The van der Waals surface area contributed by atoms with E-state index in [1.807, 2.05) is 0 Å². The van der Waals surface area contributed by atoms with Crippen molar-refractivity contribution >= 4 is 47.2 Å². The van der Waals surface area contributed by atoms with Gasteiger partial charge in [0.1, 0.15) is 18.0 Å². The smallest absolute Gasteiger partial charge is 0.302 e. The van der Waals surface area contributed by atoms with Crippen LogP contribution in [0.1, 0.15) is 16.6 Å². The minimum atomic E-state index is -0.658. The van der Waals surface area contributed by atoms with Crippen LogP contribution < -0.4 is 5.32 Å². The van der Waals surface area contributed by atoms with Crippen LogP contribution in [0.5, 0.6) is 0 Å². The number of fused-ring (bicyclic) bond motifs is 1. The molecule has 3 heterocycles. The van der Waals surface area contributed by atoms with Crippen LogP contribution in [-0.4, -0.2) is 52.7 Å². The van der Waals surface area contributed by atoms with E-state index in [1.54, 1.807) is 17.5 Å². The fourth-order valence-electron chi connectivity index (χ4n) is 2.52. The molecule has 0 aromatic carbocycles. The topological polar surface area (TPSA) is 92.8 Å². The Bertz CT molecular complexity index is 728. The van der Waals surface area contributed by atoms with Crippen molar-refractivity contribution in [1.29, 1.82) is 0 Å². The minimum Gasteiger partial charge on any atom is -0.461 e. The van der Waals surface area contributed by atoms with E-state index in [1.165, 1.54) is 34.9 Å². The van der Waals surface area contributed by atoms with Crippen LogP contribution in [-0.2, 0) is 19.1 Å². The van der Waals surface area contributed by atoms with E-state index in [4.69, 9.17) is 4.74 Å². The number of thiophene rings is 1. The summed E-state index contributed by atoms with van der Waals surface area (Å²) in [7, 11) is 0. The molecule has 1 fully saturated rings. The summed E-state index contributed by atoms with van der Waals surface area (Å²) in [5.74, 6) is -0.623. The fraction of sp³-hybridized carbons (Fsp3) is 0.333. The van der Waals surface area contributed by atoms with Crippen LogP contribution >= 0.6 is 23.1 Å². The maximum Gasteiger partial charge on any atom is 0.302 e. The maximum absolute atomic E-state index is 12.4. The standard InChI is InChI=1S/C15H14N2O5S2/c1-8(19)22-6-9-7-24-15-12(14(21)17(15)10(9)5-18)16-13(20)11-3-2-4-23-11/h2-5,12,15H,6-7H2,1H3,(H,16,20). The molecular weight excluding hydrogens is 352 g/mol. The molecule has 2 aliphatic rings. The van der Waals surface area contributed by atoms with Crippen LogP contribution in [0.3, 0.4) is 0 Å². The lowest BCUT2D eigenvalue weighted by atomic mass is 10.0. The van der Waals surface area contributed by atoms with Gasteiger partial charge in [-0.3, -0.25) is 24.1 Å². The van der Waals surface area contributed by atoms with E-state index >= 15 is 0 Å². The summed E-state index contributed by atoms with van der Waals surface area (Å²) >= 11 is 2.72. The van der Waals surface area contributed by atoms with E-state index in [0.717, 1.165) is 0 Å². The van der Waals surface area contributed by atoms with E-state index in [-0.39, 0.29) is 29.5 Å². The zero-order valence-corrected chi connectivity index (χ0v) is 14.3. The molecule has 1 saturated heterocycles. The molecule has 0 bridgehead atoms. The lowest BCUT2D eigenvalue weighted by molar-refractivity contribution is -0.143. The maximum atomic E-state index is 12.4. The molecule has 3 rings (SSSR count). The number of nitrogens with zero attached hydrogens (tertiary/aromatic N) is 1. The highest BCUT2D eigenvalue weighted by Crippen LogP contribution is 2.39. The van der Waals surface area contributed by atoms with Crippen LogP contribution in [0.4, 0.5) is 0 Å². The van der Waals surface area contributed by atoms with Gasteiger partial charge in [-0.1, -0.05) is 6.07 Å². The first-order chi connectivity index (χ1) is 11.5. The Balaban J connectivity index is 1.71. The lowest BCUT2D eigenvalue weighted by Crippen LogP contribution is -2.70. The molecule has 7 nitrogen and oxygen atoms in total. The fourth-order valence-corrected chi connectivity index (χ4v) is 4.49. The summed E-state index contributed by atoms with van der Waals surface area (Å²) in [6.45, 7) is 1.27. The molecule has 126 valence electrons. The van der Waals surface area contributed by atoms with Gasteiger partial charge >= 0.3 is 5.97 Å². The number of hydrogen-bond donors (Lipinski definition) is 1. The molecule has 24 heavy (non-hydrogen) atoms. The number of nitrogens with one attached hydrogen (secondary N) is 1. The number of allylic oxidation sites excluding steroid dienone is 1. The summed E-state index contributed by atoms with van der Waals surface area (Å²) < 4.78 is 4.92. The van der Waals surface area contributed by atoms with Gasteiger partial charge in [-0.15, -0.1) is 23.1 Å². The molecule has 1 N–H and O–H groups in total. The zero-order chi connectivity index (χ0) is 17.3. The van der Waals surface area contributed by atoms with E-state index in [2.05, 4.69) is 5.32 Å². The van der Waals surface area contributed by atoms with E-state index in [0.29, 0.717) is 22.5 Å². The number of β-lactam (4-membered cyclic amide) rings is 1. The Kier molecular flexibility index (Phi) is 4.72. The Labute approximate surface area is 146 Å². The molecule has 0 radical (unpaired) electrons. The third-order valence-corrected chi connectivity index (χ3v) is 5.89. The predicted molar refractivity (Wildman–Crippen MR) is 88.4 cm³/mol. The highest BCUT2D eigenvalue weighted by Gasteiger charge is 2.52. The number of esters is 1. The zero-order valence-electron chi connectivity index (χ0n) is 12.7. The molecule has 2 unspecified atom stereocenters. The van der Waals surface area contributed by atoms with Crippen molar-refractivity contribution in [1.82, 2.24) is 10.2 Å². The quantitative estimate of drug-likeness (QED) is 0.470. The van der Waals surface area contributed by atoms with Gasteiger partial charge in [-0.25, -0.2) is 0 Å². The molecule has 2 aliphatic heterocycles. The molecule has 0 aliphatic carbocycles. The SMILES string of the molecule is CC(=O)OCC1=C(C=O)N2C(=O)C(NC(=O)c3cccs3)C2SC1. The van der Waals surface area contributed by atoms with Gasteiger partial charge in [0.25, 0.3) is 11.8 Å². The van der Waals surface area contributed by atoms with E-state index in [9.17, 15) is 19.2 Å². The lowest BCUT2D eigenvalue weighted by Gasteiger charge is -2.49. The number of thioether (sulfide) groups is 1. The average molecular weight is 366 g/mol. The third-order valence-electron chi connectivity index (χ3n) is 3.69. The summed E-state index contributed by atoms with van der Waals surface area (Å²) in [5, 5.41) is 4.18. The minimum absolute atomic E-state index is 0.0148. The Morgan fingerprint density at radius 2 is 2.29 bits per heavy atom. The first-order valence-corrected chi connectivity index (χ1v) is 9.05. The molecule has 1 aromatic rings. The van der Waals surface area contributed by atoms with Crippen molar-refractivity contribution in [3.63, 3.8) is 0 Å². The molecular formula is C15H14N2O5S2. The van der Waals surface area contributed by atoms with Crippen LogP contribution in [0, 0.1) is 0 Å². The Morgan fingerprint density at radius 1 is 1.50 bits per heavy atom. The van der Waals surface area contributed by atoms with E-state index < -0.39 is 12.0 Å². The summed E-state index contributed by atoms with van der Waals surface area (Å²) in [6.07, 6.45) is 0.598. The Hall–Kier alpha value is -2.13. The number of carbonyl (C=O) groups is 4. The van der Waals surface area contributed by atoms with Gasteiger partial charge in [0.2, 0.25) is 0 Å². The van der Waals surface area contributed by atoms with Crippen molar-refractivity contribution in [3.8, 4) is 0 Å². The largest absolute Gasteiger partial charge is 0.461 e. The Morgan fingerprint density at radius 3 is 2.92 bits per heavy atom. The van der Waals surface area contributed by atoms with Gasteiger partial charge in [-0.2, -0.15) is 0 Å². The van der Waals surface area contributed by atoms with Crippen molar-refractivity contribution < 1.29 is 23.9 Å². The summed E-state index contributed by atoms with van der Waals surface area (Å²) in [5.41, 5.74) is 0.824. The van der Waals surface area contributed by atoms with Crippen LogP contribution in [0.15, 0.2) is 28.8 Å². The predicted octanol–water partition coefficient (Wildman–Crippen LogP) is 0.778. The van der Waals surface area contributed by atoms with Crippen molar-refractivity contribution in [2.24, 2.45) is 0 Å².